The van der Waals surface area contributed by atoms with Crippen LogP contribution in [0.25, 0.3) is 0 Å². The summed E-state index contributed by atoms with van der Waals surface area (Å²) < 4.78 is 0. The molecule has 1 aliphatic heterocycles. The summed E-state index contributed by atoms with van der Waals surface area (Å²) in [6.07, 6.45) is 3.03. The third-order valence-corrected chi connectivity index (χ3v) is 2.81. The molecule has 76 valence electrons. The molecule has 1 aromatic rings. The first-order chi connectivity index (χ1) is 6.83. The minimum Gasteiger partial charge on any atom is -0.382 e. The Kier molecular flexibility index (Phi) is 2.57. The van der Waals surface area contributed by atoms with Gasteiger partial charge in [-0.15, -0.1) is 0 Å². The molecule has 0 radical (unpaired) electrons. The summed E-state index contributed by atoms with van der Waals surface area (Å²) in [6, 6.07) is 4.65. The molecule has 0 bridgehead atoms. The van der Waals surface area contributed by atoms with Crippen molar-refractivity contribution in [3.63, 3.8) is 0 Å². The fraction of sp³-hybridized carbons (Fsp3) is 0.545. The predicted octanol–water partition coefficient (Wildman–Crippen LogP) is 2.11. The number of aromatic nitrogens is 1. The van der Waals surface area contributed by atoms with Gasteiger partial charge in [-0.2, -0.15) is 0 Å². The van der Waals surface area contributed by atoms with Crippen LogP contribution in [0.3, 0.4) is 0 Å². The Hall–Kier alpha value is -1.25. The molecule has 0 aromatic carbocycles. The standard InChI is InChI=1S/C11H17N3/c1-3-14-9(2)6-8-12-10-5-4-7-13-11(10)14/h4-5,7,9,12H,3,6,8H2,1-2H3. The van der Waals surface area contributed by atoms with Crippen LogP contribution in [0.4, 0.5) is 11.5 Å². The lowest BCUT2D eigenvalue weighted by molar-refractivity contribution is 0.621. The summed E-state index contributed by atoms with van der Waals surface area (Å²) in [5.74, 6) is 1.10. The van der Waals surface area contributed by atoms with Gasteiger partial charge in [-0.3, -0.25) is 0 Å². The molecule has 0 amide bonds. The quantitative estimate of drug-likeness (QED) is 0.737. The van der Waals surface area contributed by atoms with Gasteiger partial charge in [-0.1, -0.05) is 0 Å². The largest absolute Gasteiger partial charge is 0.382 e. The molecule has 1 atom stereocenters. The Balaban J connectivity index is 2.39. The van der Waals surface area contributed by atoms with Crippen LogP contribution in [0, 0.1) is 0 Å². The molecule has 1 N–H and O–H groups in total. The molecule has 0 spiro atoms. The van der Waals surface area contributed by atoms with Crippen molar-refractivity contribution >= 4 is 11.5 Å². The number of hydrogen-bond donors (Lipinski definition) is 1. The van der Waals surface area contributed by atoms with Gasteiger partial charge in [0, 0.05) is 25.3 Å². The predicted molar refractivity (Wildman–Crippen MR) is 59.8 cm³/mol. The molecule has 2 heterocycles. The van der Waals surface area contributed by atoms with E-state index in [-0.39, 0.29) is 0 Å². The number of hydrogen-bond acceptors (Lipinski definition) is 3. The van der Waals surface area contributed by atoms with E-state index in [0.29, 0.717) is 6.04 Å². The summed E-state index contributed by atoms with van der Waals surface area (Å²) in [6.45, 7) is 6.50. The maximum Gasteiger partial charge on any atom is 0.152 e. The van der Waals surface area contributed by atoms with Crippen LogP contribution >= 0.6 is 0 Å². The van der Waals surface area contributed by atoms with Crippen molar-refractivity contribution in [1.82, 2.24) is 4.98 Å². The van der Waals surface area contributed by atoms with E-state index in [1.54, 1.807) is 0 Å². The van der Waals surface area contributed by atoms with Gasteiger partial charge >= 0.3 is 0 Å². The second-order valence-corrected chi connectivity index (χ2v) is 3.73. The SMILES string of the molecule is CCN1c2ncccc2NCCC1C. The van der Waals surface area contributed by atoms with Gasteiger partial charge in [0.2, 0.25) is 0 Å². The van der Waals surface area contributed by atoms with Crippen molar-refractivity contribution in [3.8, 4) is 0 Å². The van der Waals surface area contributed by atoms with Crippen LogP contribution in [0.15, 0.2) is 18.3 Å². The molecule has 3 nitrogen and oxygen atoms in total. The van der Waals surface area contributed by atoms with E-state index in [4.69, 9.17) is 0 Å². The fourth-order valence-electron chi connectivity index (χ4n) is 2.01. The molecule has 0 saturated carbocycles. The molecule has 0 fully saturated rings. The third-order valence-electron chi connectivity index (χ3n) is 2.81. The lowest BCUT2D eigenvalue weighted by Gasteiger charge is -2.27. The zero-order valence-corrected chi connectivity index (χ0v) is 8.83. The molecule has 1 unspecified atom stereocenters. The maximum absolute atomic E-state index is 4.45. The fourth-order valence-corrected chi connectivity index (χ4v) is 2.01. The van der Waals surface area contributed by atoms with Crippen LogP contribution in [0.5, 0.6) is 0 Å². The van der Waals surface area contributed by atoms with E-state index in [1.165, 1.54) is 12.1 Å². The van der Waals surface area contributed by atoms with Crippen molar-refractivity contribution in [2.24, 2.45) is 0 Å². The van der Waals surface area contributed by atoms with Crippen LogP contribution in [0.2, 0.25) is 0 Å². The van der Waals surface area contributed by atoms with E-state index in [9.17, 15) is 0 Å². The topological polar surface area (TPSA) is 28.2 Å². The Morgan fingerprint density at radius 1 is 1.64 bits per heavy atom. The first kappa shape index (κ1) is 9.31. The molecule has 0 aliphatic carbocycles. The zero-order chi connectivity index (χ0) is 9.97. The Morgan fingerprint density at radius 2 is 2.50 bits per heavy atom. The second kappa shape index (κ2) is 3.86. The minimum absolute atomic E-state index is 0.573. The molecule has 0 saturated heterocycles. The van der Waals surface area contributed by atoms with E-state index in [0.717, 1.165) is 18.9 Å². The van der Waals surface area contributed by atoms with Crippen LogP contribution in [-0.4, -0.2) is 24.1 Å². The van der Waals surface area contributed by atoms with Gasteiger partial charge in [0.1, 0.15) is 0 Å². The average Bonchev–Trinajstić information content (AvgIpc) is 2.36. The number of pyridine rings is 1. The summed E-state index contributed by atoms with van der Waals surface area (Å²) in [5, 5.41) is 3.42. The first-order valence-corrected chi connectivity index (χ1v) is 5.28. The van der Waals surface area contributed by atoms with Crippen molar-refractivity contribution in [2.45, 2.75) is 26.3 Å². The summed E-state index contributed by atoms with van der Waals surface area (Å²) >= 11 is 0. The van der Waals surface area contributed by atoms with Crippen molar-refractivity contribution in [2.75, 3.05) is 23.3 Å². The second-order valence-electron chi connectivity index (χ2n) is 3.73. The highest BCUT2D eigenvalue weighted by Gasteiger charge is 2.19. The third kappa shape index (κ3) is 1.54. The van der Waals surface area contributed by atoms with Gasteiger partial charge in [-0.05, 0) is 32.4 Å². The zero-order valence-electron chi connectivity index (χ0n) is 8.83. The molecular weight excluding hydrogens is 174 g/mol. The Labute approximate surface area is 85.1 Å². The van der Waals surface area contributed by atoms with Crippen molar-refractivity contribution in [1.29, 1.82) is 0 Å². The number of nitrogens with one attached hydrogen (secondary N) is 1. The van der Waals surface area contributed by atoms with Gasteiger partial charge in [0.15, 0.2) is 5.82 Å². The monoisotopic (exact) mass is 191 g/mol. The normalized spacial score (nSPS) is 21.0. The summed E-state index contributed by atoms with van der Waals surface area (Å²) in [5.41, 5.74) is 1.17. The van der Waals surface area contributed by atoms with Crippen molar-refractivity contribution in [3.05, 3.63) is 18.3 Å². The highest BCUT2D eigenvalue weighted by atomic mass is 15.2. The molecular formula is C11H17N3. The van der Waals surface area contributed by atoms with E-state index in [2.05, 4.69) is 35.1 Å². The Morgan fingerprint density at radius 3 is 3.29 bits per heavy atom. The van der Waals surface area contributed by atoms with Gasteiger partial charge in [0.25, 0.3) is 0 Å². The molecule has 2 rings (SSSR count). The number of anilines is 2. The Bertz CT molecular complexity index is 311. The highest BCUT2D eigenvalue weighted by Crippen LogP contribution is 2.27. The molecule has 1 aliphatic rings. The van der Waals surface area contributed by atoms with Gasteiger partial charge < -0.3 is 10.2 Å². The van der Waals surface area contributed by atoms with Crippen molar-refractivity contribution < 1.29 is 0 Å². The van der Waals surface area contributed by atoms with E-state index < -0.39 is 0 Å². The summed E-state index contributed by atoms with van der Waals surface area (Å²) in [4.78, 5) is 6.80. The van der Waals surface area contributed by atoms with Crippen LogP contribution in [-0.2, 0) is 0 Å². The van der Waals surface area contributed by atoms with Crippen LogP contribution in [0.1, 0.15) is 20.3 Å². The van der Waals surface area contributed by atoms with Gasteiger partial charge in [0.05, 0.1) is 5.69 Å². The minimum atomic E-state index is 0.573. The number of nitrogens with zero attached hydrogens (tertiary/aromatic N) is 2. The number of fused-ring (bicyclic) bond motifs is 1. The smallest absolute Gasteiger partial charge is 0.152 e. The molecule has 14 heavy (non-hydrogen) atoms. The average molecular weight is 191 g/mol. The molecule has 3 heteroatoms. The summed E-state index contributed by atoms with van der Waals surface area (Å²) in [7, 11) is 0. The van der Waals surface area contributed by atoms with Crippen LogP contribution < -0.4 is 10.2 Å². The lowest BCUT2D eigenvalue weighted by atomic mass is 10.2. The highest BCUT2D eigenvalue weighted by molar-refractivity contribution is 5.66. The van der Waals surface area contributed by atoms with E-state index in [1.807, 2.05) is 12.3 Å². The molecule has 1 aromatic heterocycles. The lowest BCUT2D eigenvalue weighted by Crippen LogP contribution is -2.32. The number of rotatable bonds is 1. The van der Waals surface area contributed by atoms with Gasteiger partial charge in [-0.25, -0.2) is 4.98 Å². The van der Waals surface area contributed by atoms with E-state index >= 15 is 0 Å². The first-order valence-electron chi connectivity index (χ1n) is 5.28. The maximum atomic E-state index is 4.45.